The summed E-state index contributed by atoms with van der Waals surface area (Å²) in [5.41, 5.74) is 4.23. The first kappa shape index (κ1) is 24.6. The Balaban J connectivity index is 1.57. The zero-order chi connectivity index (χ0) is 23.5. The van der Waals surface area contributed by atoms with Crippen molar-refractivity contribution >= 4 is 0 Å². The van der Waals surface area contributed by atoms with E-state index in [0.717, 1.165) is 36.0 Å². The Labute approximate surface area is 199 Å². The molecule has 0 aromatic carbocycles. The van der Waals surface area contributed by atoms with Gasteiger partial charge in [-0.15, -0.1) is 0 Å². The summed E-state index contributed by atoms with van der Waals surface area (Å²) in [5, 5.41) is 10.2. The molecule has 0 bridgehead atoms. The lowest BCUT2D eigenvalue weighted by atomic mass is 9.54. The van der Waals surface area contributed by atoms with Gasteiger partial charge in [-0.1, -0.05) is 78.7 Å². The highest BCUT2D eigenvalue weighted by molar-refractivity contribution is 5.35. The lowest BCUT2D eigenvalue weighted by molar-refractivity contribution is 0.0386. The van der Waals surface area contributed by atoms with Crippen LogP contribution in [0.5, 0.6) is 0 Å². The van der Waals surface area contributed by atoms with Crippen molar-refractivity contribution in [1.29, 1.82) is 0 Å². The molecule has 9 atom stereocenters. The number of aliphatic hydroxyl groups is 1. The fourth-order valence-electron chi connectivity index (χ4n) is 9.35. The number of allylic oxidation sites excluding steroid dienone is 3. The maximum absolute atomic E-state index is 10.2. The molecule has 0 amide bonds. The number of rotatable bonds is 7. The van der Waals surface area contributed by atoms with Crippen molar-refractivity contribution in [3.63, 3.8) is 0 Å². The average molecular weight is 441 g/mol. The highest BCUT2D eigenvalue weighted by atomic mass is 16.3. The molecule has 3 fully saturated rings. The van der Waals surface area contributed by atoms with Crippen molar-refractivity contribution in [2.24, 2.45) is 57.7 Å². The number of aliphatic hydroxyl groups excluding tert-OH is 1. The molecule has 1 heteroatoms. The molecule has 182 valence electrons. The van der Waals surface area contributed by atoms with Gasteiger partial charge in [0.1, 0.15) is 0 Å². The SMILES string of the molecule is C=C1C(C2CCC(C(C)C3CC3(C)C(C)C(C)C)C2(C)CCO)CC=C2CCCCC12C. The van der Waals surface area contributed by atoms with Crippen LogP contribution in [-0.4, -0.2) is 11.7 Å². The second-order valence-corrected chi connectivity index (χ2v) is 13.6. The quantitative estimate of drug-likeness (QED) is 0.394. The molecule has 1 nitrogen and oxygen atoms in total. The largest absolute Gasteiger partial charge is 0.396 e. The minimum atomic E-state index is 0.239. The first-order chi connectivity index (χ1) is 15.0. The highest BCUT2D eigenvalue weighted by Gasteiger charge is 2.61. The maximum Gasteiger partial charge on any atom is 0.0436 e. The Morgan fingerprint density at radius 1 is 1.06 bits per heavy atom. The monoisotopic (exact) mass is 440 g/mol. The second kappa shape index (κ2) is 8.58. The third kappa shape index (κ3) is 3.68. The Kier molecular flexibility index (Phi) is 6.59. The van der Waals surface area contributed by atoms with Crippen molar-refractivity contribution in [3.05, 3.63) is 23.8 Å². The molecule has 0 spiro atoms. The van der Waals surface area contributed by atoms with E-state index in [-0.39, 0.29) is 10.8 Å². The highest BCUT2D eigenvalue weighted by Crippen LogP contribution is 2.68. The molecular weight excluding hydrogens is 388 g/mol. The Hall–Kier alpha value is -0.560. The van der Waals surface area contributed by atoms with E-state index < -0.39 is 0 Å². The van der Waals surface area contributed by atoms with Gasteiger partial charge in [0.25, 0.3) is 0 Å². The lowest BCUT2D eigenvalue weighted by Crippen LogP contribution is -2.42. The van der Waals surface area contributed by atoms with E-state index in [1.165, 1.54) is 51.4 Å². The van der Waals surface area contributed by atoms with Gasteiger partial charge in [0.2, 0.25) is 0 Å². The Morgan fingerprint density at radius 2 is 1.78 bits per heavy atom. The molecule has 0 aromatic heterocycles. The molecule has 3 saturated carbocycles. The van der Waals surface area contributed by atoms with Crippen LogP contribution in [0.1, 0.15) is 106 Å². The summed E-state index contributed by atoms with van der Waals surface area (Å²) < 4.78 is 0. The first-order valence-corrected chi connectivity index (χ1v) is 14.0. The van der Waals surface area contributed by atoms with Crippen LogP contribution in [0.15, 0.2) is 23.8 Å². The van der Waals surface area contributed by atoms with Gasteiger partial charge < -0.3 is 5.11 Å². The smallest absolute Gasteiger partial charge is 0.0436 e. The third-order valence-corrected chi connectivity index (χ3v) is 12.1. The van der Waals surface area contributed by atoms with Crippen LogP contribution in [-0.2, 0) is 0 Å². The van der Waals surface area contributed by atoms with Gasteiger partial charge in [-0.25, -0.2) is 0 Å². The summed E-state index contributed by atoms with van der Waals surface area (Å²) in [6.07, 6.45) is 14.2. The van der Waals surface area contributed by atoms with E-state index in [4.69, 9.17) is 6.58 Å². The summed E-state index contributed by atoms with van der Waals surface area (Å²) in [7, 11) is 0. The zero-order valence-corrected chi connectivity index (χ0v) is 22.3. The molecule has 0 heterocycles. The van der Waals surface area contributed by atoms with E-state index in [1.807, 2.05) is 0 Å². The minimum absolute atomic E-state index is 0.239. The standard InChI is InChI=1S/C31H52O/c1-20(2)22(4)31(8)19-28(31)21(3)26-14-15-27(30(26,7)17-18-32)25-13-12-24-11-9-10-16-29(24,6)23(25)5/h12,20-22,25-28,32H,5,9-11,13-19H2,1-4,6-8H3. The van der Waals surface area contributed by atoms with Crippen LogP contribution in [0.3, 0.4) is 0 Å². The minimum Gasteiger partial charge on any atom is -0.396 e. The number of hydrogen-bond donors (Lipinski definition) is 1. The van der Waals surface area contributed by atoms with Gasteiger partial charge in [0, 0.05) is 12.0 Å². The maximum atomic E-state index is 10.2. The van der Waals surface area contributed by atoms with Crippen LogP contribution in [0.25, 0.3) is 0 Å². The summed E-state index contributed by atoms with van der Waals surface area (Å²) in [6, 6.07) is 0. The summed E-state index contributed by atoms with van der Waals surface area (Å²) >= 11 is 0. The van der Waals surface area contributed by atoms with Crippen LogP contribution in [0.4, 0.5) is 0 Å². The molecule has 0 aliphatic heterocycles. The van der Waals surface area contributed by atoms with Crippen molar-refractivity contribution in [1.82, 2.24) is 0 Å². The van der Waals surface area contributed by atoms with Gasteiger partial charge in [-0.05, 0) is 104 Å². The fraction of sp³-hybridized carbons (Fsp3) is 0.871. The van der Waals surface area contributed by atoms with Crippen LogP contribution in [0, 0.1) is 57.7 Å². The molecule has 0 radical (unpaired) electrons. The second-order valence-electron chi connectivity index (χ2n) is 13.6. The van der Waals surface area contributed by atoms with E-state index >= 15 is 0 Å². The van der Waals surface area contributed by atoms with E-state index in [0.29, 0.717) is 23.9 Å². The number of hydrogen-bond acceptors (Lipinski definition) is 1. The lowest BCUT2D eigenvalue weighted by Gasteiger charge is -2.50. The Morgan fingerprint density at radius 3 is 2.44 bits per heavy atom. The molecule has 4 aliphatic carbocycles. The van der Waals surface area contributed by atoms with Crippen molar-refractivity contribution in [2.45, 2.75) is 106 Å². The summed E-state index contributed by atoms with van der Waals surface area (Å²) in [5.74, 6) is 5.21. The van der Waals surface area contributed by atoms with Crippen molar-refractivity contribution < 1.29 is 5.11 Å². The van der Waals surface area contributed by atoms with E-state index in [2.05, 4.69) is 54.5 Å². The van der Waals surface area contributed by atoms with Crippen LogP contribution >= 0.6 is 0 Å². The third-order valence-electron chi connectivity index (χ3n) is 12.1. The predicted octanol–water partition coefficient (Wildman–Crippen LogP) is 8.44. The van der Waals surface area contributed by atoms with E-state index in [9.17, 15) is 5.11 Å². The molecule has 0 saturated heterocycles. The van der Waals surface area contributed by atoms with Gasteiger partial charge >= 0.3 is 0 Å². The van der Waals surface area contributed by atoms with Gasteiger partial charge in [0.05, 0.1) is 0 Å². The molecule has 1 N–H and O–H groups in total. The topological polar surface area (TPSA) is 20.2 Å². The fourth-order valence-corrected chi connectivity index (χ4v) is 9.35. The molecule has 4 aliphatic rings. The van der Waals surface area contributed by atoms with Crippen LogP contribution < -0.4 is 0 Å². The Bertz CT molecular complexity index is 748. The first-order valence-electron chi connectivity index (χ1n) is 14.0. The number of fused-ring (bicyclic) bond motifs is 1. The molecule has 9 unspecified atom stereocenters. The van der Waals surface area contributed by atoms with Crippen molar-refractivity contribution in [2.75, 3.05) is 6.61 Å². The summed E-state index contributed by atoms with van der Waals surface area (Å²) in [4.78, 5) is 0. The van der Waals surface area contributed by atoms with Gasteiger partial charge in [0.15, 0.2) is 0 Å². The predicted molar refractivity (Wildman–Crippen MR) is 137 cm³/mol. The van der Waals surface area contributed by atoms with E-state index in [1.54, 1.807) is 11.1 Å². The molecule has 0 aromatic rings. The van der Waals surface area contributed by atoms with Crippen molar-refractivity contribution in [3.8, 4) is 0 Å². The normalized spacial score (nSPS) is 46.0. The molecule has 32 heavy (non-hydrogen) atoms. The summed E-state index contributed by atoms with van der Waals surface area (Å²) in [6.45, 7) is 22.6. The van der Waals surface area contributed by atoms with Gasteiger partial charge in [-0.3, -0.25) is 0 Å². The molecular formula is C31H52O. The molecule has 4 rings (SSSR count). The van der Waals surface area contributed by atoms with Gasteiger partial charge in [-0.2, -0.15) is 0 Å². The zero-order valence-electron chi connectivity index (χ0n) is 22.3. The average Bonchev–Trinajstić information content (AvgIpc) is 3.33. The van der Waals surface area contributed by atoms with Crippen LogP contribution in [0.2, 0.25) is 0 Å².